The van der Waals surface area contributed by atoms with Crippen LogP contribution in [0.4, 0.5) is 10.2 Å². The maximum atomic E-state index is 13.5. The summed E-state index contributed by atoms with van der Waals surface area (Å²) in [5.74, 6) is 1.11. The molecule has 20 heavy (non-hydrogen) atoms. The Balaban J connectivity index is 2.64. The normalized spacial score (nSPS) is 10.9. The summed E-state index contributed by atoms with van der Waals surface area (Å²) in [7, 11) is 1.79. The molecule has 1 N–H and O–H groups in total. The molecule has 1 aromatic carbocycles. The lowest BCUT2D eigenvalue weighted by atomic mass is 10.1. The van der Waals surface area contributed by atoms with E-state index in [4.69, 9.17) is 0 Å². The predicted molar refractivity (Wildman–Crippen MR) is 86.5 cm³/mol. The maximum absolute atomic E-state index is 13.5. The van der Waals surface area contributed by atoms with Crippen molar-refractivity contribution in [1.29, 1.82) is 0 Å². The van der Waals surface area contributed by atoms with E-state index >= 15 is 0 Å². The molecule has 0 aliphatic carbocycles. The first kappa shape index (κ1) is 15.4. The first-order chi connectivity index (χ1) is 9.42. The smallest absolute Gasteiger partial charge is 0.161 e. The SMILES string of the molecule is CNc1nc(-c2cc(F)cc(Br)c2)nc(C(C)C)c1Br. The molecule has 0 radical (unpaired) electrons. The van der Waals surface area contributed by atoms with Gasteiger partial charge in [-0.1, -0.05) is 29.8 Å². The van der Waals surface area contributed by atoms with E-state index < -0.39 is 0 Å². The summed E-state index contributed by atoms with van der Waals surface area (Å²) in [5.41, 5.74) is 1.53. The molecule has 0 saturated carbocycles. The number of aromatic nitrogens is 2. The number of benzene rings is 1. The minimum absolute atomic E-state index is 0.232. The lowest BCUT2D eigenvalue weighted by Crippen LogP contribution is -2.04. The zero-order valence-electron chi connectivity index (χ0n) is 11.3. The highest BCUT2D eigenvalue weighted by Crippen LogP contribution is 2.32. The molecule has 1 aromatic heterocycles. The highest BCUT2D eigenvalue weighted by Gasteiger charge is 2.15. The molecule has 0 amide bonds. The lowest BCUT2D eigenvalue weighted by molar-refractivity contribution is 0.627. The summed E-state index contributed by atoms with van der Waals surface area (Å²) in [4.78, 5) is 8.98. The average molecular weight is 403 g/mol. The molecule has 1 heterocycles. The van der Waals surface area contributed by atoms with Crippen LogP contribution in [-0.2, 0) is 0 Å². The van der Waals surface area contributed by atoms with Crippen molar-refractivity contribution in [1.82, 2.24) is 9.97 Å². The second kappa shape index (κ2) is 6.18. The van der Waals surface area contributed by atoms with Crippen LogP contribution in [0.5, 0.6) is 0 Å². The van der Waals surface area contributed by atoms with Gasteiger partial charge < -0.3 is 5.32 Å². The van der Waals surface area contributed by atoms with Crippen LogP contribution < -0.4 is 5.32 Å². The van der Waals surface area contributed by atoms with E-state index in [1.54, 1.807) is 13.1 Å². The molecule has 0 saturated heterocycles. The average Bonchev–Trinajstić information content (AvgIpc) is 2.37. The van der Waals surface area contributed by atoms with E-state index in [1.807, 2.05) is 0 Å². The summed E-state index contributed by atoms with van der Waals surface area (Å²) in [5, 5.41) is 3.03. The fourth-order valence-corrected chi connectivity index (χ4v) is 3.12. The molecule has 0 spiro atoms. The molecular formula is C14H14Br2FN3. The van der Waals surface area contributed by atoms with Crippen molar-refractivity contribution in [3.05, 3.63) is 38.7 Å². The van der Waals surface area contributed by atoms with E-state index in [9.17, 15) is 4.39 Å². The molecule has 0 atom stereocenters. The summed E-state index contributed by atoms with van der Waals surface area (Å²) in [6.45, 7) is 4.11. The van der Waals surface area contributed by atoms with Gasteiger partial charge in [0.2, 0.25) is 0 Å². The molecule has 0 aliphatic rings. The van der Waals surface area contributed by atoms with E-state index in [0.29, 0.717) is 21.7 Å². The molecule has 3 nitrogen and oxygen atoms in total. The van der Waals surface area contributed by atoms with E-state index in [1.165, 1.54) is 12.1 Å². The molecular weight excluding hydrogens is 389 g/mol. The number of rotatable bonds is 3. The Labute approximate surface area is 134 Å². The largest absolute Gasteiger partial charge is 0.372 e. The number of halogens is 3. The van der Waals surface area contributed by atoms with Gasteiger partial charge in [-0.2, -0.15) is 0 Å². The van der Waals surface area contributed by atoms with Crippen LogP contribution in [0.15, 0.2) is 27.1 Å². The van der Waals surface area contributed by atoms with Crippen molar-refractivity contribution in [2.45, 2.75) is 19.8 Å². The van der Waals surface area contributed by atoms with Crippen LogP contribution >= 0.6 is 31.9 Å². The van der Waals surface area contributed by atoms with Gasteiger partial charge >= 0.3 is 0 Å². The third-order valence-corrected chi connectivity index (χ3v) is 4.02. The van der Waals surface area contributed by atoms with Gasteiger partial charge in [0.25, 0.3) is 0 Å². The van der Waals surface area contributed by atoms with E-state index in [0.717, 1.165) is 10.2 Å². The standard InChI is InChI=1S/C14H14Br2FN3/c1-7(2)12-11(16)14(18-3)20-13(19-12)8-4-9(15)6-10(17)5-8/h4-7H,1-3H3,(H,18,19,20). The highest BCUT2D eigenvalue weighted by atomic mass is 79.9. The summed E-state index contributed by atoms with van der Waals surface area (Å²) in [6.07, 6.45) is 0. The van der Waals surface area contributed by atoms with Gasteiger partial charge in [-0.15, -0.1) is 0 Å². The van der Waals surface area contributed by atoms with Gasteiger partial charge in [0.1, 0.15) is 11.6 Å². The Morgan fingerprint density at radius 1 is 1.15 bits per heavy atom. The van der Waals surface area contributed by atoms with Crippen molar-refractivity contribution in [3.63, 3.8) is 0 Å². The van der Waals surface area contributed by atoms with Crippen molar-refractivity contribution in [2.24, 2.45) is 0 Å². The minimum atomic E-state index is -0.321. The fourth-order valence-electron chi connectivity index (χ4n) is 1.82. The van der Waals surface area contributed by atoms with Gasteiger partial charge in [-0.3, -0.25) is 0 Å². The van der Waals surface area contributed by atoms with Crippen molar-refractivity contribution >= 4 is 37.7 Å². The van der Waals surface area contributed by atoms with Crippen LogP contribution in [0.25, 0.3) is 11.4 Å². The van der Waals surface area contributed by atoms with Gasteiger partial charge in [0.15, 0.2) is 5.82 Å². The van der Waals surface area contributed by atoms with Crippen LogP contribution in [-0.4, -0.2) is 17.0 Å². The zero-order valence-corrected chi connectivity index (χ0v) is 14.5. The molecule has 106 valence electrons. The third kappa shape index (κ3) is 3.17. The van der Waals surface area contributed by atoms with Crippen LogP contribution in [0, 0.1) is 5.82 Å². The fraction of sp³-hybridized carbons (Fsp3) is 0.286. The molecule has 0 aliphatic heterocycles. The van der Waals surface area contributed by atoms with E-state index in [-0.39, 0.29) is 11.7 Å². The molecule has 0 fully saturated rings. The van der Waals surface area contributed by atoms with E-state index in [2.05, 4.69) is 61.0 Å². The van der Waals surface area contributed by atoms with Crippen molar-refractivity contribution < 1.29 is 4.39 Å². The maximum Gasteiger partial charge on any atom is 0.161 e. The van der Waals surface area contributed by atoms with Gasteiger partial charge in [0, 0.05) is 17.1 Å². The second-order valence-electron chi connectivity index (χ2n) is 4.66. The summed E-state index contributed by atoms with van der Waals surface area (Å²) >= 11 is 6.79. The number of nitrogens with zero attached hydrogens (tertiary/aromatic N) is 2. The number of nitrogens with one attached hydrogen (secondary N) is 1. The zero-order chi connectivity index (χ0) is 14.9. The molecule has 2 rings (SSSR count). The number of hydrogen-bond acceptors (Lipinski definition) is 3. The Bertz CT molecular complexity index is 624. The van der Waals surface area contributed by atoms with Crippen LogP contribution in [0.2, 0.25) is 0 Å². The number of hydrogen-bond donors (Lipinski definition) is 1. The molecule has 6 heteroatoms. The second-order valence-corrected chi connectivity index (χ2v) is 6.37. The Morgan fingerprint density at radius 2 is 1.85 bits per heavy atom. The molecule has 0 bridgehead atoms. The quantitative estimate of drug-likeness (QED) is 0.787. The Hall–Kier alpha value is -1.01. The van der Waals surface area contributed by atoms with Crippen molar-refractivity contribution in [2.75, 3.05) is 12.4 Å². The van der Waals surface area contributed by atoms with Crippen molar-refractivity contribution in [3.8, 4) is 11.4 Å². The first-order valence-electron chi connectivity index (χ1n) is 6.14. The van der Waals surface area contributed by atoms with Crippen LogP contribution in [0.1, 0.15) is 25.5 Å². The summed E-state index contributed by atoms with van der Waals surface area (Å²) < 4.78 is 15.0. The van der Waals surface area contributed by atoms with Gasteiger partial charge in [-0.25, -0.2) is 14.4 Å². The van der Waals surface area contributed by atoms with Gasteiger partial charge in [0.05, 0.1) is 10.2 Å². The number of anilines is 1. The lowest BCUT2D eigenvalue weighted by Gasteiger charge is -2.13. The van der Waals surface area contributed by atoms with Gasteiger partial charge in [-0.05, 0) is 40.0 Å². The minimum Gasteiger partial charge on any atom is -0.372 e. The predicted octanol–water partition coefficient (Wildman–Crippen LogP) is 4.97. The topological polar surface area (TPSA) is 37.8 Å². The van der Waals surface area contributed by atoms with Crippen LogP contribution in [0.3, 0.4) is 0 Å². The Kier molecular flexibility index (Phi) is 4.75. The molecule has 2 aromatic rings. The summed E-state index contributed by atoms with van der Waals surface area (Å²) in [6, 6.07) is 4.64. The Morgan fingerprint density at radius 3 is 2.40 bits per heavy atom. The first-order valence-corrected chi connectivity index (χ1v) is 7.72. The monoisotopic (exact) mass is 401 g/mol. The highest BCUT2D eigenvalue weighted by molar-refractivity contribution is 9.11. The third-order valence-electron chi connectivity index (χ3n) is 2.78. The molecule has 0 unspecified atom stereocenters.